The third-order valence-corrected chi connectivity index (χ3v) is 3.83. The lowest BCUT2D eigenvalue weighted by molar-refractivity contribution is 0.127. The lowest BCUT2D eigenvalue weighted by atomic mass is 9.80. The molecule has 0 amide bonds. The molecule has 1 saturated carbocycles. The molecule has 1 nitrogen and oxygen atoms in total. The van der Waals surface area contributed by atoms with Gasteiger partial charge in [-0.05, 0) is 19.1 Å². The first-order valence-corrected chi connectivity index (χ1v) is 4.83. The fraction of sp³-hybridized carbons (Fsp3) is 0.750. The van der Waals surface area contributed by atoms with Crippen LogP contribution < -0.4 is 0 Å². The summed E-state index contributed by atoms with van der Waals surface area (Å²) in [5, 5.41) is 9.49. The van der Waals surface area contributed by atoms with Gasteiger partial charge in [-0.15, -0.1) is 6.58 Å². The van der Waals surface area contributed by atoms with Gasteiger partial charge in [0, 0.05) is 4.75 Å². The monoisotopic (exact) mass is 158 g/mol. The van der Waals surface area contributed by atoms with Gasteiger partial charge in [0.2, 0.25) is 0 Å². The molecule has 0 saturated heterocycles. The first kappa shape index (κ1) is 8.15. The van der Waals surface area contributed by atoms with Gasteiger partial charge in [0.05, 0.1) is 6.10 Å². The largest absolute Gasteiger partial charge is 0.388 e. The van der Waals surface area contributed by atoms with Crippen molar-refractivity contribution in [2.75, 3.05) is 6.26 Å². The summed E-state index contributed by atoms with van der Waals surface area (Å²) in [7, 11) is 0. The van der Waals surface area contributed by atoms with Crippen LogP contribution in [0.2, 0.25) is 0 Å². The average Bonchev–Trinajstić information content (AvgIpc) is 1.86. The van der Waals surface area contributed by atoms with Crippen LogP contribution in [0.4, 0.5) is 0 Å². The Morgan fingerprint density at radius 3 is 2.40 bits per heavy atom. The van der Waals surface area contributed by atoms with Crippen molar-refractivity contribution in [2.45, 2.75) is 30.1 Å². The van der Waals surface area contributed by atoms with Crippen LogP contribution in [0, 0.1) is 0 Å². The molecule has 0 aliphatic heterocycles. The van der Waals surface area contributed by atoms with Crippen molar-refractivity contribution in [1.82, 2.24) is 0 Å². The second-order valence-electron chi connectivity index (χ2n) is 2.80. The number of aliphatic hydroxyl groups is 1. The Morgan fingerprint density at radius 1 is 1.70 bits per heavy atom. The molecule has 0 aromatic carbocycles. The van der Waals surface area contributed by atoms with Crippen LogP contribution in [0.25, 0.3) is 0 Å². The second-order valence-corrected chi connectivity index (χ2v) is 4.02. The molecule has 1 N–H and O–H groups in total. The van der Waals surface area contributed by atoms with E-state index in [4.69, 9.17) is 0 Å². The molecule has 10 heavy (non-hydrogen) atoms. The predicted octanol–water partition coefficient (Wildman–Crippen LogP) is 1.82. The van der Waals surface area contributed by atoms with Crippen molar-refractivity contribution < 1.29 is 5.11 Å². The van der Waals surface area contributed by atoms with E-state index in [0.717, 1.165) is 12.8 Å². The van der Waals surface area contributed by atoms with Crippen LogP contribution >= 0.6 is 11.8 Å². The molecule has 0 spiro atoms. The highest BCUT2D eigenvalue weighted by atomic mass is 32.2. The molecule has 1 unspecified atom stereocenters. The molecule has 0 aromatic heterocycles. The molecule has 1 rings (SSSR count). The van der Waals surface area contributed by atoms with E-state index >= 15 is 0 Å². The van der Waals surface area contributed by atoms with Gasteiger partial charge in [0.25, 0.3) is 0 Å². The fourth-order valence-corrected chi connectivity index (χ4v) is 2.40. The summed E-state index contributed by atoms with van der Waals surface area (Å²) >= 11 is 1.77. The standard InChI is InChI=1S/C8H14OS/c1-3-7(9)8(10-2)5-4-6-8/h3,7,9H,1,4-6H2,2H3. The fourth-order valence-electron chi connectivity index (χ4n) is 1.36. The summed E-state index contributed by atoms with van der Waals surface area (Å²) in [5.74, 6) is 0. The van der Waals surface area contributed by atoms with Gasteiger partial charge < -0.3 is 5.11 Å². The zero-order chi connectivity index (χ0) is 7.61. The summed E-state index contributed by atoms with van der Waals surface area (Å²) in [6.45, 7) is 3.59. The van der Waals surface area contributed by atoms with Crippen LogP contribution in [0.1, 0.15) is 19.3 Å². The summed E-state index contributed by atoms with van der Waals surface area (Å²) in [6, 6.07) is 0. The summed E-state index contributed by atoms with van der Waals surface area (Å²) in [4.78, 5) is 0. The number of hydrogen-bond donors (Lipinski definition) is 1. The normalized spacial score (nSPS) is 25.0. The highest BCUT2D eigenvalue weighted by Crippen LogP contribution is 2.45. The third kappa shape index (κ3) is 1.10. The van der Waals surface area contributed by atoms with E-state index in [1.54, 1.807) is 17.8 Å². The lowest BCUT2D eigenvalue weighted by Gasteiger charge is -2.43. The molecule has 58 valence electrons. The first-order chi connectivity index (χ1) is 4.75. The van der Waals surface area contributed by atoms with Crippen molar-refractivity contribution in [3.05, 3.63) is 12.7 Å². The van der Waals surface area contributed by atoms with Gasteiger partial charge in [-0.25, -0.2) is 0 Å². The van der Waals surface area contributed by atoms with Gasteiger partial charge in [-0.3, -0.25) is 0 Å². The predicted molar refractivity (Wildman–Crippen MR) is 46.3 cm³/mol. The molecule has 1 aliphatic carbocycles. The Labute approximate surface area is 66.5 Å². The first-order valence-electron chi connectivity index (χ1n) is 3.61. The van der Waals surface area contributed by atoms with Gasteiger partial charge in [-0.2, -0.15) is 11.8 Å². The van der Waals surface area contributed by atoms with Crippen molar-refractivity contribution >= 4 is 11.8 Å². The van der Waals surface area contributed by atoms with E-state index in [1.165, 1.54) is 6.42 Å². The van der Waals surface area contributed by atoms with Gasteiger partial charge in [-0.1, -0.05) is 12.5 Å². The second kappa shape index (κ2) is 2.97. The molecular formula is C8H14OS. The Kier molecular flexibility index (Phi) is 2.42. The number of thioether (sulfide) groups is 1. The minimum absolute atomic E-state index is 0.127. The van der Waals surface area contributed by atoms with Crippen LogP contribution in [0.5, 0.6) is 0 Å². The van der Waals surface area contributed by atoms with Crippen molar-refractivity contribution in [2.24, 2.45) is 0 Å². The minimum atomic E-state index is -0.309. The summed E-state index contributed by atoms with van der Waals surface area (Å²) in [6.07, 6.45) is 6.94. The average molecular weight is 158 g/mol. The molecular weight excluding hydrogens is 144 g/mol. The number of hydrogen-bond acceptors (Lipinski definition) is 2. The van der Waals surface area contributed by atoms with Gasteiger partial charge >= 0.3 is 0 Å². The molecule has 2 heteroatoms. The van der Waals surface area contributed by atoms with E-state index in [-0.39, 0.29) is 10.9 Å². The molecule has 0 aromatic rings. The van der Waals surface area contributed by atoms with Crippen LogP contribution in [0.15, 0.2) is 12.7 Å². The zero-order valence-electron chi connectivity index (χ0n) is 6.34. The molecule has 1 aliphatic rings. The molecule has 1 fully saturated rings. The van der Waals surface area contributed by atoms with Crippen molar-refractivity contribution in [3.63, 3.8) is 0 Å². The van der Waals surface area contributed by atoms with Crippen molar-refractivity contribution in [1.29, 1.82) is 0 Å². The Hall–Kier alpha value is 0.0500. The highest BCUT2D eigenvalue weighted by Gasteiger charge is 2.41. The number of rotatable bonds is 3. The molecule has 0 bridgehead atoms. The quantitative estimate of drug-likeness (QED) is 0.632. The van der Waals surface area contributed by atoms with Crippen molar-refractivity contribution in [3.8, 4) is 0 Å². The number of aliphatic hydroxyl groups excluding tert-OH is 1. The SMILES string of the molecule is C=CC(O)C1(SC)CCC1. The minimum Gasteiger partial charge on any atom is -0.388 e. The van der Waals surface area contributed by atoms with E-state index in [0.29, 0.717) is 0 Å². The molecule has 1 atom stereocenters. The van der Waals surface area contributed by atoms with Crippen LogP contribution in [0.3, 0.4) is 0 Å². The maximum Gasteiger partial charge on any atom is 0.0864 e. The van der Waals surface area contributed by atoms with Gasteiger partial charge in [0.15, 0.2) is 0 Å². The van der Waals surface area contributed by atoms with E-state index < -0.39 is 0 Å². The van der Waals surface area contributed by atoms with Crippen LogP contribution in [-0.4, -0.2) is 22.2 Å². The summed E-state index contributed by atoms with van der Waals surface area (Å²) in [5.41, 5.74) is 0. The Bertz CT molecular complexity index is 124. The topological polar surface area (TPSA) is 20.2 Å². The van der Waals surface area contributed by atoms with E-state index in [2.05, 4.69) is 12.8 Å². The Morgan fingerprint density at radius 2 is 2.30 bits per heavy atom. The third-order valence-electron chi connectivity index (χ3n) is 2.37. The maximum atomic E-state index is 9.49. The zero-order valence-corrected chi connectivity index (χ0v) is 7.16. The van der Waals surface area contributed by atoms with Crippen LogP contribution in [-0.2, 0) is 0 Å². The molecule has 0 heterocycles. The smallest absolute Gasteiger partial charge is 0.0864 e. The molecule has 0 radical (unpaired) electrons. The lowest BCUT2D eigenvalue weighted by Crippen LogP contribution is -2.43. The van der Waals surface area contributed by atoms with Gasteiger partial charge in [0.1, 0.15) is 0 Å². The van der Waals surface area contributed by atoms with E-state index in [9.17, 15) is 5.11 Å². The highest BCUT2D eigenvalue weighted by molar-refractivity contribution is 8.00. The van der Waals surface area contributed by atoms with E-state index in [1.807, 2.05) is 0 Å². The summed E-state index contributed by atoms with van der Waals surface area (Å²) < 4.78 is 0.127. The maximum absolute atomic E-state index is 9.49. The Balaban J connectivity index is 2.54.